The van der Waals surface area contributed by atoms with Crippen LogP contribution in [0.4, 0.5) is 0 Å². The van der Waals surface area contributed by atoms with Crippen molar-refractivity contribution in [3.63, 3.8) is 0 Å². The monoisotopic (exact) mass is 347 g/mol. The maximum Gasteiger partial charge on any atom is 0.261 e. The first-order chi connectivity index (χ1) is 11.7. The van der Waals surface area contributed by atoms with Crippen LogP contribution in [0.5, 0.6) is 17.2 Å². The first kappa shape index (κ1) is 16.5. The molecule has 1 aliphatic heterocycles. The van der Waals surface area contributed by atoms with E-state index in [1.165, 1.54) is 0 Å². The lowest BCUT2D eigenvalue weighted by molar-refractivity contribution is -0.127. The van der Waals surface area contributed by atoms with Crippen molar-refractivity contribution >= 4 is 17.5 Å². The number of rotatable bonds is 6. The maximum atomic E-state index is 12.2. The molecular weight excluding hydrogens is 330 g/mol. The topological polar surface area (TPSA) is 56.8 Å². The summed E-state index contributed by atoms with van der Waals surface area (Å²) in [5.74, 6) is 1.99. The largest absolute Gasteiger partial charge is 0.497 e. The third-order valence-electron chi connectivity index (χ3n) is 3.70. The standard InChI is InChI=1S/C18H18ClNO4/c1-22-14-3-2-4-15(11-14)23-8-7-20-18(21)17-10-12-9-13(19)5-6-16(12)24-17/h2-6,9,11,17H,7-8,10H2,1H3,(H,20,21). The molecule has 2 aromatic rings. The average molecular weight is 348 g/mol. The Labute approximate surface area is 145 Å². The molecule has 0 fully saturated rings. The first-order valence-electron chi connectivity index (χ1n) is 7.65. The summed E-state index contributed by atoms with van der Waals surface area (Å²) in [6.45, 7) is 0.761. The van der Waals surface area contributed by atoms with Crippen LogP contribution in [0.2, 0.25) is 5.02 Å². The molecule has 126 valence electrons. The van der Waals surface area contributed by atoms with Crippen molar-refractivity contribution in [3.05, 3.63) is 53.1 Å². The molecule has 0 aliphatic carbocycles. The smallest absolute Gasteiger partial charge is 0.261 e. The molecule has 0 aromatic heterocycles. The molecule has 2 aromatic carbocycles. The van der Waals surface area contributed by atoms with E-state index in [9.17, 15) is 4.79 Å². The van der Waals surface area contributed by atoms with E-state index in [0.29, 0.717) is 36.1 Å². The Morgan fingerprint density at radius 3 is 2.96 bits per heavy atom. The van der Waals surface area contributed by atoms with Gasteiger partial charge in [-0.3, -0.25) is 4.79 Å². The summed E-state index contributed by atoms with van der Waals surface area (Å²) in [7, 11) is 1.60. The molecule has 1 N–H and O–H groups in total. The number of methoxy groups -OCH3 is 1. The molecule has 1 atom stereocenters. The molecule has 0 radical (unpaired) electrons. The zero-order valence-electron chi connectivity index (χ0n) is 13.3. The van der Waals surface area contributed by atoms with E-state index >= 15 is 0 Å². The molecule has 1 unspecified atom stereocenters. The van der Waals surface area contributed by atoms with Crippen LogP contribution in [-0.4, -0.2) is 32.3 Å². The summed E-state index contributed by atoms with van der Waals surface area (Å²) in [6.07, 6.45) is 0.00800. The summed E-state index contributed by atoms with van der Waals surface area (Å²) in [5, 5.41) is 3.46. The number of ether oxygens (including phenoxy) is 3. The Kier molecular flexibility index (Phi) is 5.11. The van der Waals surface area contributed by atoms with Gasteiger partial charge in [0.1, 0.15) is 23.9 Å². The highest BCUT2D eigenvalue weighted by atomic mass is 35.5. The molecule has 5 nitrogen and oxygen atoms in total. The van der Waals surface area contributed by atoms with Gasteiger partial charge in [0.25, 0.3) is 5.91 Å². The number of carbonyl (C=O) groups excluding carboxylic acids is 1. The van der Waals surface area contributed by atoms with Crippen LogP contribution >= 0.6 is 11.6 Å². The minimum atomic E-state index is -0.518. The zero-order valence-corrected chi connectivity index (χ0v) is 14.0. The van der Waals surface area contributed by atoms with E-state index in [2.05, 4.69) is 5.32 Å². The van der Waals surface area contributed by atoms with Crippen molar-refractivity contribution in [3.8, 4) is 17.2 Å². The highest BCUT2D eigenvalue weighted by Gasteiger charge is 2.28. The van der Waals surface area contributed by atoms with Gasteiger partial charge in [0.05, 0.1) is 13.7 Å². The number of carbonyl (C=O) groups is 1. The second-order valence-electron chi connectivity index (χ2n) is 5.38. The van der Waals surface area contributed by atoms with Gasteiger partial charge in [-0.15, -0.1) is 0 Å². The van der Waals surface area contributed by atoms with Gasteiger partial charge in [0, 0.05) is 17.5 Å². The van der Waals surface area contributed by atoms with Crippen molar-refractivity contribution in [2.45, 2.75) is 12.5 Å². The van der Waals surface area contributed by atoms with E-state index in [0.717, 1.165) is 11.3 Å². The molecule has 6 heteroatoms. The number of hydrogen-bond donors (Lipinski definition) is 1. The van der Waals surface area contributed by atoms with Gasteiger partial charge < -0.3 is 19.5 Å². The van der Waals surface area contributed by atoms with Gasteiger partial charge in [-0.2, -0.15) is 0 Å². The molecule has 1 aliphatic rings. The highest BCUT2D eigenvalue weighted by Crippen LogP contribution is 2.31. The van der Waals surface area contributed by atoms with Crippen molar-refractivity contribution in [1.29, 1.82) is 0 Å². The maximum absolute atomic E-state index is 12.2. The van der Waals surface area contributed by atoms with Gasteiger partial charge in [-0.05, 0) is 35.9 Å². The van der Waals surface area contributed by atoms with Crippen LogP contribution in [0.15, 0.2) is 42.5 Å². The third-order valence-corrected chi connectivity index (χ3v) is 3.94. The predicted molar refractivity (Wildman–Crippen MR) is 91.1 cm³/mol. The van der Waals surface area contributed by atoms with Crippen LogP contribution in [0, 0.1) is 0 Å². The highest BCUT2D eigenvalue weighted by molar-refractivity contribution is 6.30. The third kappa shape index (κ3) is 3.92. The lowest BCUT2D eigenvalue weighted by Crippen LogP contribution is -2.39. The summed E-state index contributed by atoms with van der Waals surface area (Å²) in [6, 6.07) is 12.7. The molecule has 0 saturated carbocycles. The van der Waals surface area contributed by atoms with E-state index < -0.39 is 6.10 Å². The van der Waals surface area contributed by atoms with Crippen LogP contribution < -0.4 is 19.5 Å². The zero-order chi connectivity index (χ0) is 16.9. The van der Waals surface area contributed by atoms with Gasteiger partial charge in [-0.1, -0.05) is 17.7 Å². The number of hydrogen-bond acceptors (Lipinski definition) is 4. The van der Waals surface area contributed by atoms with Gasteiger partial charge in [0.2, 0.25) is 0 Å². The minimum Gasteiger partial charge on any atom is -0.497 e. The molecule has 0 spiro atoms. The fraction of sp³-hybridized carbons (Fsp3) is 0.278. The molecule has 24 heavy (non-hydrogen) atoms. The van der Waals surface area contributed by atoms with E-state index in [1.807, 2.05) is 24.3 Å². The van der Waals surface area contributed by atoms with Crippen molar-refractivity contribution in [2.24, 2.45) is 0 Å². The summed E-state index contributed by atoms with van der Waals surface area (Å²) >= 11 is 5.95. The van der Waals surface area contributed by atoms with Crippen LogP contribution in [0.1, 0.15) is 5.56 Å². The Balaban J connectivity index is 1.43. The van der Waals surface area contributed by atoms with Gasteiger partial charge in [0.15, 0.2) is 6.10 Å². The fourth-order valence-electron chi connectivity index (χ4n) is 2.51. The quantitative estimate of drug-likeness (QED) is 0.816. The SMILES string of the molecule is COc1cccc(OCCNC(=O)C2Cc3cc(Cl)ccc3O2)c1. The van der Waals surface area contributed by atoms with Gasteiger partial charge in [-0.25, -0.2) is 0 Å². The second-order valence-corrected chi connectivity index (χ2v) is 5.82. The summed E-state index contributed by atoms with van der Waals surface area (Å²) < 4.78 is 16.4. The van der Waals surface area contributed by atoms with E-state index in [1.54, 1.807) is 25.3 Å². The molecule has 0 bridgehead atoms. The van der Waals surface area contributed by atoms with Crippen molar-refractivity contribution < 1.29 is 19.0 Å². The van der Waals surface area contributed by atoms with Crippen LogP contribution in [-0.2, 0) is 11.2 Å². The Hall–Kier alpha value is -2.40. The minimum absolute atomic E-state index is 0.156. The lowest BCUT2D eigenvalue weighted by Gasteiger charge is -2.12. The molecule has 0 saturated heterocycles. The Morgan fingerprint density at radius 2 is 2.12 bits per heavy atom. The second kappa shape index (κ2) is 7.45. The molecule has 3 rings (SSSR count). The van der Waals surface area contributed by atoms with Crippen molar-refractivity contribution in [1.82, 2.24) is 5.32 Å². The van der Waals surface area contributed by atoms with E-state index in [-0.39, 0.29) is 5.91 Å². The predicted octanol–water partition coefficient (Wildman–Crippen LogP) is 2.85. The first-order valence-corrected chi connectivity index (χ1v) is 8.03. The van der Waals surface area contributed by atoms with Crippen LogP contribution in [0.25, 0.3) is 0 Å². The number of amides is 1. The molecule has 1 heterocycles. The van der Waals surface area contributed by atoms with Crippen molar-refractivity contribution in [2.75, 3.05) is 20.3 Å². The fourth-order valence-corrected chi connectivity index (χ4v) is 2.71. The number of fused-ring (bicyclic) bond motifs is 1. The lowest BCUT2D eigenvalue weighted by atomic mass is 10.1. The van der Waals surface area contributed by atoms with Gasteiger partial charge >= 0.3 is 0 Å². The summed E-state index contributed by atoms with van der Waals surface area (Å²) in [5.41, 5.74) is 0.954. The van der Waals surface area contributed by atoms with E-state index in [4.69, 9.17) is 25.8 Å². The number of benzene rings is 2. The van der Waals surface area contributed by atoms with Crippen LogP contribution in [0.3, 0.4) is 0 Å². The average Bonchev–Trinajstić information content (AvgIpc) is 3.02. The Morgan fingerprint density at radius 1 is 1.29 bits per heavy atom. The molecular formula is C18H18ClNO4. The Bertz CT molecular complexity index is 735. The summed E-state index contributed by atoms with van der Waals surface area (Å²) in [4.78, 5) is 12.2. The number of nitrogens with one attached hydrogen (secondary N) is 1. The number of halogens is 1. The molecule has 1 amide bonds. The normalized spacial score (nSPS) is 15.3.